The van der Waals surface area contributed by atoms with Crippen LogP contribution in [0.15, 0.2) is 27.8 Å². The highest BCUT2D eigenvalue weighted by Gasteiger charge is 2.32. The van der Waals surface area contributed by atoms with Gasteiger partial charge in [0, 0.05) is 51.4 Å². The van der Waals surface area contributed by atoms with Gasteiger partial charge in [-0.3, -0.25) is 9.79 Å². The molecule has 28 heavy (non-hydrogen) atoms. The topological polar surface area (TPSA) is 90.5 Å². The van der Waals surface area contributed by atoms with Crippen LogP contribution >= 0.6 is 24.0 Å². The van der Waals surface area contributed by atoms with E-state index in [2.05, 4.69) is 10.2 Å². The van der Waals surface area contributed by atoms with Crippen LogP contribution in [0, 0.1) is 5.41 Å². The minimum atomic E-state index is -0.185. The van der Waals surface area contributed by atoms with Crippen molar-refractivity contribution in [3.8, 4) is 0 Å². The van der Waals surface area contributed by atoms with Gasteiger partial charge in [0.05, 0.1) is 19.4 Å². The zero-order valence-corrected chi connectivity index (χ0v) is 18.8. The summed E-state index contributed by atoms with van der Waals surface area (Å²) >= 11 is 0. The van der Waals surface area contributed by atoms with Crippen molar-refractivity contribution in [2.75, 3.05) is 59.1 Å². The second-order valence-electron chi connectivity index (χ2n) is 7.20. The zero-order chi connectivity index (χ0) is 19.1. The molecule has 9 heteroatoms. The van der Waals surface area contributed by atoms with Gasteiger partial charge in [-0.2, -0.15) is 0 Å². The summed E-state index contributed by atoms with van der Waals surface area (Å²) in [6, 6.07) is 3.43. The molecule has 0 aliphatic carbocycles. The Balaban J connectivity index is 0.00000280. The summed E-state index contributed by atoms with van der Waals surface area (Å²) in [5, 5.41) is 13.2. The maximum atomic E-state index is 12.4. The molecule has 0 saturated carbocycles. The molecule has 2 fully saturated rings. The van der Waals surface area contributed by atoms with E-state index < -0.39 is 0 Å². The van der Waals surface area contributed by atoms with Crippen molar-refractivity contribution in [1.82, 2.24) is 15.1 Å². The standard InChI is InChI=1S/C19H30N4O4.HI/c1-2-20-18(21-14-19(15-24)5-12-26-13-6-19)23-9-7-22(8-10-23)17(25)16-4-3-11-27-16;/h3-4,11,24H,2,5-10,12-15H2,1H3,(H,20,21);1H. The molecule has 2 aliphatic rings. The van der Waals surface area contributed by atoms with Crippen LogP contribution in [-0.4, -0.2) is 85.9 Å². The lowest BCUT2D eigenvalue weighted by molar-refractivity contribution is -0.0107. The fraction of sp³-hybridized carbons (Fsp3) is 0.684. The van der Waals surface area contributed by atoms with E-state index in [1.165, 1.54) is 6.26 Å². The quantitative estimate of drug-likeness (QED) is 0.357. The number of furan rings is 1. The first-order valence-corrected chi connectivity index (χ1v) is 9.72. The number of nitrogens with one attached hydrogen (secondary N) is 1. The number of guanidine groups is 1. The van der Waals surface area contributed by atoms with Crippen LogP contribution in [0.5, 0.6) is 0 Å². The molecule has 0 atom stereocenters. The van der Waals surface area contributed by atoms with E-state index >= 15 is 0 Å². The third kappa shape index (κ3) is 5.60. The minimum absolute atomic E-state index is 0. The molecule has 2 aliphatic heterocycles. The molecule has 2 saturated heterocycles. The Kier molecular flexibility index (Phi) is 9.03. The van der Waals surface area contributed by atoms with Gasteiger partial charge in [-0.15, -0.1) is 24.0 Å². The summed E-state index contributed by atoms with van der Waals surface area (Å²) in [6.45, 7) is 7.58. The van der Waals surface area contributed by atoms with Crippen molar-refractivity contribution < 1.29 is 19.1 Å². The Bertz CT molecular complexity index is 624. The van der Waals surface area contributed by atoms with E-state index in [4.69, 9.17) is 14.1 Å². The number of aliphatic imine (C=N–C) groups is 1. The van der Waals surface area contributed by atoms with Crippen molar-refractivity contribution in [2.45, 2.75) is 19.8 Å². The number of rotatable bonds is 5. The summed E-state index contributed by atoms with van der Waals surface area (Å²) in [7, 11) is 0. The molecule has 8 nitrogen and oxygen atoms in total. The number of carbonyl (C=O) groups excluding carboxylic acids is 1. The van der Waals surface area contributed by atoms with E-state index in [-0.39, 0.29) is 41.9 Å². The minimum Gasteiger partial charge on any atom is -0.459 e. The van der Waals surface area contributed by atoms with Crippen LogP contribution in [0.25, 0.3) is 0 Å². The number of carbonyl (C=O) groups is 1. The van der Waals surface area contributed by atoms with Gasteiger partial charge in [0.2, 0.25) is 0 Å². The largest absolute Gasteiger partial charge is 0.459 e. The van der Waals surface area contributed by atoms with Crippen molar-refractivity contribution in [1.29, 1.82) is 0 Å². The first-order valence-electron chi connectivity index (χ1n) is 9.72. The molecule has 2 N–H and O–H groups in total. The molecule has 0 bridgehead atoms. The van der Waals surface area contributed by atoms with Gasteiger partial charge in [0.15, 0.2) is 11.7 Å². The van der Waals surface area contributed by atoms with Crippen LogP contribution in [0.1, 0.15) is 30.3 Å². The number of ether oxygens (including phenoxy) is 1. The number of aliphatic hydroxyl groups excluding tert-OH is 1. The SMILES string of the molecule is CCNC(=NCC1(CO)CCOCC1)N1CCN(C(=O)c2ccco2)CC1.I. The maximum absolute atomic E-state index is 12.4. The maximum Gasteiger partial charge on any atom is 0.289 e. The van der Waals surface area contributed by atoms with Gasteiger partial charge in [0.1, 0.15) is 0 Å². The molecular formula is C19H31IN4O4. The van der Waals surface area contributed by atoms with E-state index in [0.717, 1.165) is 25.3 Å². The number of aliphatic hydroxyl groups is 1. The van der Waals surface area contributed by atoms with Crippen molar-refractivity contribution in [2.24, 2.45) is 10.4 Å². The normalized spacial score (nSPS) is 19.9. The third-order valence-corrected chi connectivity index (χ3v) is 5.39. The Labute approximate surface area is 183 Å². The highest BCUT2D eigenvalue weighted by molar-refractivity contribution is 14.0. The average Bonchev–Trinajstić information content (AvgIpc) is 3.26. The van der Waals surface area contributed by atoms with Gasteiger partial charge >= 0.3 is 0 Å². The number of hydrogen-bond donors (Lipinski definition) is 2. The lowest BCUT2D eigenvalue weighted by atomic mass is 9.81. The second-order valence-corrected chi connectivity index (χ2v) is 7.20. The van der Waals surface area contributed by atoms with Crippen molar-refractivity contribution >= 4 is 35.8 Å². The Morgan fingerprint density at radius 3 is 2.50 bits per heavy atom. The highest BCUT2D eigenvalue weighted by Crippen LogP contribution is 2.30. The summed E-state index contributed by atoms with van der Waals surface area (Å²) in [6.07, 6.45) is 3.18. The molecule has 3 heterocycles. The molecule has 0 radical (unpaired) electrons. The van der Waals surface area contributed by atoms with Crippen LogP contribution in [0.3, 0.4) is 0 Å². The van der Waals surface area contributed by atoms with Crippen LogP contribution < -0.4 is 5.32 Å². The first-order chi connectivity index (χ1) is 13.2. The average molecular weight is 506 g/mol. The molecule has 158 valence electrons. The monoisotopic (exact) mass is 506 g/mol. The molecule has 1 amide bonds. The molecule has 1 aromatic rings. The number of nitrogens with zero attached hydrogens (tertiary/aromatic N) is 3. The fourth-order valence-electron chi connectivity index (χ4n) is 3.52. The highest BCUT2D eigenvalue weighted by atomic mass is 127. The number of amides is 1. The number of piperazine rings is 1. The predicted octanol–water partition coefficient (Wildman–Crippen LogP) is 1.41. The fourth-order valence-corrected chi connectivity index (χ4v) is 3.52. The lowest BCUT2D eigenvalue weighted by Crippen LogP contribution is -2.54. The van der Waals surface area contributed by atoms with Gasteiger partial charge in [0.25, 0.3) is 5.91 Å². The van der Waals surface area contributed by atoms with E-state index in [9.17, 15) is 9.90 Å². The lowest BCUT2D eigenvalue weighted by Gasteiger charge is -2.37. The van der Waals surface area contributed by atoms with Gasteiger partial charge in [-0.1, -0.05) is 0 Å². The van der Waals surface area contributed by atoms with Crippen LogP contribution in [0.4, 0.5) is 0 Å². The van der Waals surface area contributed by atoms with Gasteiger partial charge in [-0.25, -0.2) is 0 Å². The summed E-state index contributed by atoms with van der Waals surface area (Å²) in [5.74, 6) is 1.17. The first kappa shape index (κ1) is 23.0. The molecule has 3 rings (SSSR count). The van der Waals surface area contributed by atoms with Crippen molar-refractivity contribution in [3.05, 3.63) is 24.2 Å². The summed E-state index contributed by atoms with van der Waals surface area (Å²) in [4.78, 5) is 21.2. The number of halogens is 1. The molecular weight excluding hydrogens is 475 g/mol. The van der Waals surface area contributed by atoms with E-state index in [1.54, 1.807) is 12.1 Å². The Hall–Kier alpha value is -1.33. The smallest absolute Gasteiger partial charge is 0.289 e. The number of hydrogen-bond acceptors (Lipinski definition) is 5. The summed E-state index contributed by atoms with van der Waals surface area (Å²) in [5.41, 5.74) is -0.185. The van der Waals surface area contributed by atoms with Crippen LogP contribution in [0.2, 0.25) is 0 Å². The Morgan fingerprint density at radius 1 is 1.25 bits per heavy atom. The third-order valence-electron chi connectivity index (χ3n) is 5.39. The molecule has 0 aromatic carbocycles. The Morgan fingerprint density at radius 2 is 1.93 bits per heavy atom. The van der Waals surface area contributed by atoms with Gasteiger partial charge in [-0.05, 0) is 31.9 Å². The molecule has 1 aromatic heterocycles. The molecule has 0 unspecified atom stereocenters. The zero-order valence-electron chi connectivity index (χ0n) is 16.4. The van der Waals surface area contributed by atoms with Gasteiger partial charge < -0.3 is 29.4 Å². The van der Waals surface area contributed by atoms with Crippen molar-refractivity contribution in [3.63, 3.8) is 0 Å². The summed E-state index contributed by atoms with van der Waals surface area (Å²) < 4.78 is 10.6. The predicted molar refractivity (Wildman–Crippen MR) is 117 cm³/mol. The second kappa shape index (κ2) is 11.0. The van der Waals surface area contributed by atoms with E-state index in [1.807, 2.05) is 11.8 Å². The van der Waals surface area contributed by atoms with Crippen LogP contribution in [-0.2, 0) is 4.74 Å². The van der Waals surface area contributed by atoms with E-state index in [0.29, 0.717) is 51.7 Å². The molecule has 0 spiro atoms.